The van der Waals surface area contributed by atoms with Gasteiger partial charge in [-0.25, -0.2) is 4.98 Å². The van der Waals surface area contributed by atoms with Crippen molar-refractivity contribution in [2.24, 2.45) is 5.92 Å². The summed E-state index contributed by atoms with van der Waals surface area (Å²) in [5, 5.41) is 12.1. The summed E-state index contributed by atoms with van der Waals surface area (Å²) in [6.45, 7) is 4.10. The number of benzene rings is 1. The topological polar surface area (TPSA) is 75.4 Å². The number of aromatic nitrogens is 1. The number of carbonyl (C=O) groups is 1. The fraction of sp³-hybridized carbons (Fsp3) is 0.333. The van der Waals surface area contributed by atoms with Crippen molar-refractivity contribution in [1.82, 2.24) is 10.3 Å². The monoisotopic (exact) mass is 274 g/mol. The van der Waals surface area contributed by atoms with Crippen LogP contribution in [0, 0.1) is 5.92 Å². The molecule has 0 aliphatic rings. The molecular weight excluding hydrogens is 256 g/mol. The van der Waals surface area contributed by atoms with Crippen molar-refractivity contribution in [1.29, 1.82) is 0 Å². The summed E-state index contributed by atoms with van der Waals surface area (Å²) < 4.78 is 5.41. The Kier molecular flexibility index (Phi) is 4.53. The van der Waals surface area contributed by atoms with Crippen LogP contribution in [0.25, 0.3) is 11.5 Å². The first kappa shape index (κ1) is 14.3. The van der Waals surface area contributed by atoms with Gasteiger partial charge in [-0.1, -0.05) is 32.0 Å². The number of oxazole rings is 1. The fourth-order valence-corrected chi connectivity index (χ4v) is 1.92. The quantitative estimate of drug-likeness (QED) is 0.846. The van der Waals surface area contributed by atoms with E-state index >= 15 is 0 Å². The molecule has 2 N–H and O–H groups in total. The molecule has 1 unspecified atom stereocenters. The number of hydrogen-bond donors (Lipinski definition) is 2. The standard InChI is InChI=1S/C15H18N2O3/c1-10(2)13(15(18)19)16-8-12-9-20-14(17-12)11-6-4-3-5-7-11/h3-7,9-10,13,16H,8H2,1-2H3,(H,18,19). The summed E-state index contributed by atoms with van der Waals surface area (Å²) in [6, 6.07) is 8.99. The van der Waals surface area contributed by atoms with Gasteiger partial charge in [0.15, 0.2) is 0 Å². The smallest absolute Gasteiger partial charge is 0.320 e. The fourth-order valence-electron chi connectivity index (χ4n) is 1.92. The van der Waals surface area contributed by atoms with E-state index < -0.39 is 12.0 Å². The van der Waals surface area contributed by atoms with Crippen LogP contribution in [0.1, 0.15) is 19.5 Å². The Morgan fingerprint density at radius 2 is 2.05 bits per heavy atom. The van der Waals surface area contributed by atoms with E-state index in [-0.39, 0.29) is 5.92 Å². The van der Waals surface area contributed by atoms with Crippen molar-refractivity contribution in [2.45, 2.75) is 26.4 Å². The number of nitrogens with one attached hydrogen (secondary N) is 1. The largest absolute Gasteiger partial charge is 0.480 e. The lowest BCUT2D eigenvalue weighted by molar-refractivity contribution is -0.140. The predicted octanol–water partition coefficient (Wildman–Crippen LogP) is 2.54. The second-order valence-corrected chi connectivity index (χ2v) is 4.95. The molecule has 5 nitrogen and oxygen atoms in total. The van der Waals surface area contributed by atoms with Crippen molar-refractivity contribution < 1.29 is 14.3 Å². The van der Waals surface area contributed by atoms with Gasteiger partial charge < -0.3 is 9.52 Å². The number of carboxylic acid groups (broad SMARTS) is 1. The second kappa shape index (κ2) is 6.34. The Labute approximate surface area is 117 Å². The van der Waals surface area contributed by atoms with Gasteiger partial charge in [0.05, 0.1) is 5.69 Å². The van der Waals surface area contributed by atoms with Crippen LogP contribution < -0.4 is 5.32 Å². The van der Waals surface area contributed by atoms with Crippen molar-refractivity contribution >= 4 is 5.97 Å². The molecule has 0 fully saturated rings. The number of hydrogen-bond acceptors (Lipinski definition) is 4. The van der Waals surface area contributed by atoms with Gasteiger partial charge in [0.2, 0.25) is 5.89 Å². The van der Waals surface area contributed by atoms with Crippen LogP contribution >= 0.6 is 0 Å². The van der Waals surface area contributed by atoms with Crippen molar-refractivity contribution in [3.8, 4) is 11.5 Å². The van der Waals surface area contributed by atoms with Gasteiger partial charge in [-0.15, -0.1) is 0 Å². The van der Waals surface area contributed by atoms with Gasteiger partial charge in [0.25, 0.3) is 0 Å². The summed E-state index contributed by atoms with van der Waals surface area (Å²) >= 11 is 0. The Hall–Kier alpha value is -2.14. The highest BCUT2D eigenvalue weighted by atomic mass is 16.4. The minimum Gasteiger partial charge on any atom is -0.480 e. The van der Waals surface area contributed by atoms with Gasteiger partial charge in [-0.2, -0.15) is 0 Å². The third-order valence-electron chi connectivity index (χ3n) is 3.01. The summed E-state index contributed by atoms with van der Waals surface area (Å²) in [5.74, 6) is -0.307. The van der Waals surface area contributed by atoms with Gasteiger partial charge in [-0.3, -0.25) is 10.1 Å². The van der Waals surface area contributed by atoms with Crippen LogP contribution in [-0.2, 0) is 11.3 Å². The molecule has 1 aromatic carbocycles. The zero-order chi connectivity index (χ0) is 14.5. The van der Waals surface area contributed by atoms with Crippen LogP contribution in [-0.4, -0.2) is 22.1 Å². The summed E-state index contributed by atoms with van der Waals surface area (Å²) in [6.07, 6.45) is 1.55. The highest BCUT2D eigenvalue weighted by Crippen LogP contribution is 2.18. The lowest BCUT2D eigenvalue weighted by atomic mass is 10.1. The van der Waals surface area contributed by atoms with E-state index in [1.807, 2.05) is 44.2 Å². The lowest BCUT2D eigenvalue weighted by Gasteiger charge is -2.16. The second-order valence-electron chi connectivity index (χ2n) is 4.95. The summed E-state index contributed by atoms with van der Waals surface area (Å²) in [5.41, 5.74) is 1.59. The van der Waals surface area contributed by atoms with Crippen LogP contribution in [0.15, 0.2) is 41.0 Å². The molecule has 5 heteroatoms. The van der Waals surface area contributed by atoms with Crippen molar-refractivity contribution in [3.05, 3.63) is 42.3 Å². The Bertz CT molecular complexity index is 564. The predicted molar refractivity (Wildman–Crippen MR) is 75.0 cm³/mol. The third kappa shape index (κ3) is 3.45. The first-order valence-electron chi connectivity index (χ1n) is 6.54. The Morgan fingerprint density at radius 3 is 2.65 bits per heavy atom. The minimum atomic E-state index is -0.855. The number of rotatable bonds is 6. The first-order valence-corrected chi connectivity index (χ1v) is 6.54. The molecule has 0 bridgehead atoms. The van der Waals surface area contributed by atoms with Crippen LogP contribution in [0.5, 0.6) is 0 Å². The molecule has 2 aromatic rings. The maximum Gasteiger partial charge on any atom is 0.320 e. The maximum absolute atomic E-state index is 11.1. The van der Waals surface area contributed by atoms with Gasteiger partial charge in [0.1, 0.15) is 12.3 Å². The molecule has 1 heterocycles. The SMILES string of the molecule is CC(C)C(NCc1coc(-c2ccccc2)n1)C(=O)O. The van der Waals surface area contributed by atoms with E-state index in [9.17, 15) is 4.79 Å². The zero-order valence-electron chi connectivity index (χ0n) is 11.5. The maximum atomic E-state index is 11.1. The zero-order valence-corrected chi connectivity index (χ0v) is 11.5. The average Bonchev–Trinajstić information content (AvgIpc) is 2.88. The molecule has 2 rings (SSSR count). The van der Waals surface area contributed by atoms with E-state index in [0.717, 1.165) is 5.56 Å². The summed E-state index contributed by atoms with van der Waals surface area (Å²) in [7, 11) is 0. The molecule has 0 aliphatic carbocycles. The van der Waals surface area contributed by atoms with Crippen molar-refractivity contribution in [3.63, 3.8) is 0 Å². The average molecular weight is 274 g/mol. The minimum absolute atomic E-state index is 0.00740. The molecule has 20 heavy (non-hydrogen) atoms. The molecular formula is C15H18N2O3. The molecule has 0 saturated heterocycles. The lowest BCUT2D eigenvalue weighted by Crippen LogP contribution is -2.40. The molecule has 0 amide bonds. The van der Waals surface area contributed by atoms with E-state index in [1.54, 1.807) is 6.26 Å². The molecule has 0 aliphatic heterocycles. The van der Waals surface area contributed by atoms with E-state index in [2.05, 4.69) is 10.3 Å². The van der Waals surface area contributed by atoms with Crippen LogP contribution in [0.3, 0.4) is 0 Å². The van der Waals surface area contributed by atoms with Crippen molar-refractivity contribution in [2.75, 3.05) is 0 Å². The Morgan fingerprint density at radius 1 is 1.35 bits per heavy atom. The molecule has 0 spiro atoms. The van der Waals surface area contributed by atoms with E-state index in [4.69, 9.17) is 9.52 Å². The van der Waals surface area contributed by atoms with E-state index in [0.29, 0.717) is 18.1 Å². The number of aliphatic carboxylic acids is 1. The first-order chi connectivity index (χ1) is 9.58. The molecule has 106 valence electrons. The third-order valence-corrected chi connectivity index (χ3v) is 3.01. The molecule has 1 aromatic heterocycles. The summed E-state index contributed by atoms with van der Waals surface area (Å²) in [4.78, 5) is 15.4. The molecule has 0 radical (unpaired) electrons. The Balaban J connectivity index is 2.02. The van der Waals surface area contributed by atoms with Crippen LogP contribution in [0.4, 0.5) is 0 Å². The molecule has 1 atom stereocenters. The van der Waals surface area contributed by atoms with E-state index in [1.165, 1.54) is 0 Å². The number of nitrogens with zero attached hydrogens (tertiary/aromatic N) is 1. The van der Waals surface area contributed by atoms with Crippen LogP contribution in [0.2, 0.25) is 0 Å². The van der Waals surface area contributed by atoms with Gasteiger partial charge in [-0.05, 0) is 18.1 Å². The highest BCUT2D eigenvalue weighted by molar-refractivity contribution is 5.73. The molecule has 0 saturated carbocycles. The van der Waals surface area contributed by atoms with Gasteiger partial charge in [0, 0.05) is 12.1 Å². The normalized spacial score (nSPS) is 12.6. The van der Waals surface area contributed by atoms with Gasteiger partial charge >= 0.3 is 5.97 Å². The number of carboxylic acids is 1. The highest BCUT2D eigenvalue weighted by Gasteiger charge is 2.21.